The number of ether oxygens (including phenoxy) is 2. The molecular weight excluding hydrogens is 399 g/mol. The average Bonchev–Trinajstić information content (AvgIpc) is 2.96. The van der Waals surface area contributed by atoms with Crippen molar-refractivity contribution in [2.45, 2.75) is 24.5 Å². The molecule has 8 nitrogen and oxygen atoms in total. The van der Waals surface area contributed by atoms with Crippen LogP contribution >= 0.6 is 0 Å². The summed E-state index contributed by atoms with van der Waals surface area (Å²) in [5, 5.41) is 28.6. The van der Waals surface area contributed by atoms with Crippen LogP contribution in [-0.2, 0) is 4.74 Å². The Morgan fingerprint density at radius 3 is 2.11 bits per heavy atom. The maximum atomic E-state index is 13.6. The Kier molecular flexibility index (Phi) is 5.34. The maximum absolute atomic E-state index is 13.6. The second-order valence-electron chi connectivity index (χ2n) is 5.69. The quantitative estimate of drug-likeness (QED) is 0.379. The van der Waals surface area contributed by atoms with E-state index in [1.54, 1.807) is 0 Å². The number of hydrogen-bond donors (Lipinski definition) is 3. The molecule has 0 radical (unpaired) electrons. The zero-order valence-corrected chi connectivity index (χ0v) is 13.5. The average molecular weight is 410 g/mol. The molecule has 28 heavy (non-hydrogen) atoms. The lowest BCUT2D eigenvalue weighted by atomic mass is 10.1. The summed E-state index contributed by atoms with van der Waals surface area (Å²) in [7, 11) is 0. The normalized spacial score (nSPS) is 24.6. The summed E-state index contributed by atoms with van der Waals surface area (Å²) in [6, 6.07) is 0.828. The van der Waals surface area contributed by atoms with E-state index in [-0.39, 0.29) is 0 Å². The van der Waals surface area contributed by atoms with Crippen LogP contribution in [0.5, 0.6) is 11.6 Å². The molecule has 1 saturated heterocycles. The zero-order chi connectivity index (χ0) is 20.7. The SMILES string of the molecule is O=c1nc(Oc2c(F)c(F)c(F)c(F)c2F)ccn1[C@@H]1OC(CO)[C@@H](O)[C@H]1O. The molecule has 3 N–H and O–H groups in total. The molecule has 3 rings (SSSR count). The van der Waals surface area contributed by atoms with Crippen LogP contribution in [0.2, 0.25) is 0 Å². The molecule has 1 fully saturated rings. The van der Waals surface area contributed by atoms with Crippen LogP contribution in [0.1, 0.15) is 6.23 Å². The number of aliphatic hydroxyl groups is 3. The van der Waals surface area contributed by atoms with E-state index in [0.29, 0.717) is 4.57 Å². The Morgan fingerprint density at radius 2 is 1.61 bits per heavy atom. The summed E-state index contributed by atoms with van der Waals surface area (Å²) in [6.07, 6.45) is -4.87. The van der Waals surface area contributed by atoms with Gasteiger partial charge in [0.1, 0.15) is 18.3 Å². The van der Waals surface area contributed by atoms with Crippen molar-refractivity contribution in [1.29, 1.82) is 0 Å². The van der Waals surface area contributed by atoms with E-state index in [2.05, 4.69) is 9.72 Å². The van der Waals surface area contributed by atoms with Gasteiger partial charge in [0.2, 0.25) is 40.7 Å². The number of rotatable bonds is 4. The molecule has 1 aliphatic heterocycles. The molecule has 4 atom stereocenters. The monoisotopic (exact) mass is 410 g/mol. The third-order valence-electron chi connectivity index (χ3n) is 3.97. The van der Waals surface area contributed by atoms with E-state index < -0.39 is 77.6 Å². The Morgan fingerprint density at radius 1 is 1.04 bits per heavy atom. The predicted molar refractivity (Wildman–Crippen MR) is 77.8 cm³/mol. The molecule has 1 aromatic carbocycles. The minimum Gasteiger partial charge on any atom is -0.432 e. The van der Waals surface area contributed by atoms with E-state index >= 15 is 0 Å². The van der Waals surface area contributed by atoms with Crippen LogP contribution in [0.15, 0.2) is 17.1 Å². The molecule has 2 aromatic rings. The number of nitrogens with zero attached hydrogens (tertiary/aromatic N) is 2. The topological polar surface area (TPSA) is 114 Å². The van der Waals surface area contributed by atoms with Gasteiger partial charge in [0.25, 0.3) is 0 Å². The van der Waals surface area contributed by atoms with E-state index in [0.717, 1.165) is 12.3 Å². The number of hydrogen-bond acceptors (Lipinski definition) is 7. The molecule has 1 aromatic heterocycles. The highest BCUT2D eigenvalue weighted by Crippen LogP contribution is 2.32. The molecule has 0 saturated carbocycles. The van der Waals surface area contributed by atoms with Crippen LogP contribution in [0.4, 0.5) is 22.0 Å². The molecule has 152 valence electrons. The summed E-state index contributed by atoms with van der Waals surface area (Å²) < 4.78 is 77.0. The largest absolute Gasteiger partial charge is 0.432 e. The van der Waals surface area contributed by atoms with Crippen LogP contribution in [0, 0.1) is 29.1 Å². The lowest BCUT2D eigenvalue weighted by Crippen LogP contribution is -2.35. The van der Waals surface area contributed by atoms with Crippen molar-refractivity contribution in [2.75, 3.05) is 6.61 Å². The van der Waals surface area contributed by atoms with Gasteiger partial charge in [-0.15, -0.1) is 0 Å². The second-order valence-corrected chi connectivity index (χ2v) is 5.69. The van der Waals surface area contributed by atoms with Crippen molar-refractivity contribution in [2.24, 2.45) is 0 Å². The summed E-state index contributed by atoms with van der Waals surface area (Å²) >= 11 is 0. The van der Waals surface area contributed by atoms with E-state index in [9.17, 15) is 37.0 Å². The zero-order valence-electron chi connectivity index (χ0n) is 13.5. The highest BCUT2D eigenvalue weighted by Gasteiger charge is 2.43. The van der Waals surface area contributed by atoms with E-state index in [1.165, 1.54) is 0 Å². The van der Waals surface area contributed by atoms with Crippen LogP contribution < -0.4 is 10.4 Å². The fourth-order valence-electron chi connectivity index (χ4n) is 2.54. The van der Waals surface area contributed by atoms with E-state index in [1.807, 2.05) is 0 Å². The highest BCUT2D eigenvalue weighted by atomic mass is 19.2. The van der Waals surface area contributed by atoms with Gasteiger partial charge in [-0.3, -0.25) is 4.57 Å². The van der Waals surface area contributed by atoms with Crippen molar-refractivity contribution >= 4 is 0 Å². The van der Waals surface area contributed by atoms with Gasteiger partial charge < -0.3 is 24.8 Å². The first kappa shape index (κ1) is 20.1. The molecule has 2 heterocycles. The fraction of sp³-hybridized carbons (Fsp3) is 0.333. The summed E-state index contributed by atoms with van der Waals surface area (Å²) in [5.41, 5.74) is -1.20. The Hall–Kier alpha value is -2.61. The first-order chi connectivity index (χ1) is 13.2. The Labute approximate surface area is 152 Å². The predicted octanol–water partition coefficient (Wildman–Crippen LogP) is 0.343. The third-order valence-corrected chi connectivity index (χ3v) is 3.97. The lowest BCUT2D eigenvalue weighted by molar-refractivity contribution is -0.0550. The lowest BCUT2D eigenvalue weighted by Gasteiger charge is -2.17. The molecule has 13 heteroatoms. The molecule has 1 aliphatic rings. The van der Waals surface area contributed by atoms with Gasteiger partial charge in [-0.1, -0.05) is 0 Å². The molecule has 0 aliphatic carbocycles. The van der Waals surface area contributed by atoms with Crippen molar-refractivity contribution in [3.05, 3.63) is 51.8 Å². The number of benzene rings is 1. The van der Waals surface area contributed by atoms with Crippen LogP contribution in [-0.4, -0.2) is 49.8 Å². The third kappa shape index (κ3) is 3.22. The second kappa shape index (κ2) is 7.43. The van der Waals surface area contributed by atoms with Gasteiger partial charge >= 0.3 is 5.69 Å². The molecule has 0 bridgehead atoms. The standard InChI is InChI=1S/C15H11F5N2O6/c16-6-7(17)9(19)13(10(20)8(6)18)28-5-1-2-22(15(26)21-5)14-12(25)11(24)4(3-23)27-14/h1-2,4,11-12,14,23-25H,3H2/t4?,11-,12-,14-/m1/s1. The van der Waals surface area contributed by atoms with Gasteiger partial charge in [-0.25, -0.2) is 18.0 Å². The van der Waals surface area contributed by atoms with Crippen molar-refractivity contribution in [3.8, 4) is 11.6 Å². The van der Waals surface area contributed by atoms with Gasteiger partial charge in [-0.2, -0.15) is 13.8 Å². The number of halogens is 5. The summed E-state index contributed by atoms with van der Waals surface area (Å²) in [4.78, 5) is 15.3. The maximum Gasteiger partial charge on any atom is 0.353 e. The number of aromatic nitrogens is 2. The summed E-state index contributed by atoms with van der Waals surface area (Å²) in [6.45, 7) is -0.654. The highest BCUT2D eigenvalue weighted by molar-refractivity contribution is 5.32. The molecule has 0 spiro atoms. The van der Waals surface area contributed by atoms with Crippen LogP contribution in [0.3, 0.4) is 0 Å². The smallest absolute Gasteiger partial charge is 0.353 e. The number of aliphatic hydroxyl groups excluding tert-OH is 3. The first-order valence-corrected chi connectivity index (χ1v) is 7.58. The fourth-order valence-corrected chi connectivity index (χ4v) is 2.54. The van der Waals surface area contributed by atoms with E-state index in [4.69, 9.17) is 9.84 Å². The van der Waals surface area contributed by atoms with Gasteiger partial charge in [0.05, 0.1) is 6.61 Å². The van der Waals surface area contributed by atoms with Crippen molar-refractivity contribution < 1.29 is 46.7 Å². The Bertz CT molecular complexity index is 942. The van der Waals surface area contributed by atoms with Gasteiger partial charge in [-0.05, 0) is 0 Å². The van der Waals surface area contributed by atoms with Crippen LogP contribution in [0.25, 0.3) is 0 Å². The van der Waals surface area contributed by atoms with Crippen molar-refractivity contribution in [1.82, 2.24) is 9.55 Å². The van der Waals surface area contributed by atoms with Gasteiger partial charge in [0, 0.05) is 12.3 Å². The summed E-state index contributed by atoms with van der Waals surface area (Å²) in [5.74, 6) is -13.8. The minimum atomic E-state index is -2.38. The molecule has 0 amide bonds. The Balaban J connectivity index is 1.92. The van der Waals surface area contributed by atoms with Gasteiger partial charge in [0.15, 0.2) is 6.23 Å². The minimum absolute atomic E-state index is 0.654. The molecular formula is C15H11F5N2O6. The van der Waals surface area contributed by atoms with Crippen molar-refractivity contribution in [3.63, 3.8) is 0 Å². The molecule has 1 unspecified atom stereocenters. The first-order valence-electron chi connectivity index (χ1n) is 7.58.